The predicted octanol–water partition coefficient (Wildman–Crippen LogP) is 2.12. The molecule has 0 saturated carbocycles. The first-order chi connectivity index (χ1) is 9.06. The van der Waals surface area contributed by atoms with E-state index in [1.54, 1.807) is 6.20 Å². The summed E-state index contributed by atoms with van der Waals surface area (Å²) in [6.07, 6.45) is 2.16. The Hall–Kier alpha value is -1.04. The molecule has 1 amide bonds. The second kappa shape index (κ2) is 11.6. The van der Waals surface area contributed by atoms with Crippen molar-refractivity contribution in [2.24, 2.45) is 5.73 Å². The highest BCUT2D eigenvalue weighted by atomic mass is 35.5. The maximum absolute atomic E-state index is 11.5. The van der Waals surface area contributed by atoms with Crippen molar-refractivity contribution in [3.63, 3.8) is 0 Å². The number of pyridine rings is 1. The van der Waals surface area contributed by atoms with E-state index in [2.05, 4.69) is 29.0 Å². The number of nitrogens with zero attached hydrogens (tertiary/aromatic N) is 2. The summed E-state index contributed by atoms with van der Waals surface area (Å²) in [5.41, 5.74) is 6.56. The van der Waals surface area contributed by atoms with Gasteiger partial charge in [-0.2, -0.15) is 0 Å². The molecule has 0 spiro atoms. The number of amides is 1. The zero-order valence-corrected chi connectivity index (χ0v) is 14.5. The first kappa shape index (κ1) is 22.2. The lowest BCUT2D eigenvalue weighted by Crippen LogP contribution is -2.29. The van der Waals surface area contributed by atoms with Gasteiger partial charge in [0.2, 0.25) is 5.91 Å². The zero-order valence-electron chi connectivity index (χ0n) is 12.8. The van der Waals surface area contributed by atoms with Gasteiger partial charge in [-0.05, 0) is 32.4 Å². The molecule has 1 aromatic heterocycles. The molecule has 122 valence electrons. The highest BCUT2D eigenvalue weighted by molar-refractivity contribution is 5.85. The molecule has 0 aromatic carbocycles. The molecule has 1 rings (SSSR count). The first-order valence-corrected chi connectivity index (χ1v) is 6.79. The van der Waals surface area contributed by atoms with E-state index in [0.29, 0.717) is 13.0 Å². The smallest absolute Gasteiger partial charge is 0.221 e. The van der Waals surface area contributed by atoms with Gasteiger partial charge in [-0.3, -0.25) is 4.79 Å². The second-order valence-electron chi connectivity index (χ2n) is 4.66. The molecule has 0 saturated heterocycles. The van der Waals surface area contributed by atoms with E-state index in [-0.39, 0.29) is 36.8 Å². The topological polar surface area (TPSA) is 71.2 Å². The molecule has 1 aromatic rings. The van der Waals surface area contributed by atoms with Crippen LogP contribution in [0.2, 0.25) is 0 Å². The van der Waals surface area contributed by atoms with Crippen molar-refractivity contribution in [3.05, 3.63) is 23.9 Å². The summed E-state index contributed by atoms with van der Waals surface area (Å²) in [5, 5.41) is 2.83. The standard InChI is InChI=1S/C14H24N4O.2ClH/c1-4-18(5-2)13-7-6-12(9-16-13)10-17-14(19)8-11(3)15;;/h6-7,9,11H,4-5,8,10,15H2,1-3H3,(H,17,19);2*1H. The molecule has 0 aliphatic rings. The van der Waals surface area contributed by atoms with E-state index in [1.165, 1.54) is 0 Å². The predicted molar refractivity (Wildman–Crippen MR) is 92.4 cm³/mol. The Labute approximate surface area is 139 Å². The van der Waals surface area contributed by atoms with Crippen molar-refractivity contribution < 1.29 is 4.79 Å². The van der Waals surface area contributed by atoms with Gasteiger partial charge in [-0.1, -0.05) is 6.07 Å². The number of nitrogens with one attached hydrogen (secondary N) is 1. The molecule has 1 atom stereocenters. The van der Waals surface area contributed by atoms with Crippen molar-refractivity contribution in [3.8, 4) is 0 Å². The maximum atomic E-state index is 11.5. The van der Waals surface area contributed by atoms with E-state index in [1.807, 2.05) is 19.1 Å². The summed E-state index contributed by atoms with van der Waals surface area (Å²) >= 11 is 0. The van der Waals surface area contributed by atoms with Gasteiger partial charge in [0.15, 0.2) is 0 Å². The Morgan fingerprint density at radius 2 is 1.95 bits per heavy atom. The number of hydrogen-bond acceptors (Lipinski definition) is 4. The van der Waals surface area contributed by atoms with Crippen LogP contribution in [0, 0.1) is 0 Å². The first-order valence-electron chi connectivity index (χ1n) is 6.79. The van der Waals surface area contributed by atoms with Crippen LogP contribution in [-0.4, -0.2) is 30.0 Å². The molecule has 0 bridgehead atoms. The Balaban J connectivity index is 0. The van der Waals surface area contributed by atoms with Crippen LogP contribution in [0.15, 0.2) is 18.3 Å². The van der Waals surface area contributed by atoms with Crippen molar-refractivity contribution in [1.29, 1.82) is 0 Å². The average molecular weight is 337 g/mol. The largest absolute Gasteiger partial charge is 0.357 e. The molecule has 0 fully saturated rings. The lowest BCUT2D eigenvalue weighted by atomic mass is 10.2. The molecule has 5 nitrogen and oxygen atoms in total. The van der Waals surface area contributed by atoms with Crippen LogP contribution < -0.4 is 16.0 Å². The summed E-state index contributed by atoms with van der Waals surface area (Å²) in [4.78, 5) is 18.1. The molecule has 0 aliphatic carbocycles. The van der Waals surface area contributed by atoms with Gasteiger partial charge in [0.25, 0.3) is 0 Å². The molecular weight excluding hydrogens is 311 g/mol. The van der Waals surface area contributed by atoms with Crippen LogP contribution in [0.3, 0.4) is 0 Å². The summed E-state index contributed by atoms with van der Waals surface area (Å²) in [6, 6.07) is 3.87. The molecular formula is C14H26Cl2N4O. The monoisotopic (exact) mass is 336 g/mol. The summed E-state index contributed by atoms with van der Waals surface area (Å²) in [6.45, 7) is 8.40. The van der Waals surface area contributed by atoms with Crippen molar-refractivity contribution >= 4 is 36.5 Å². The van der Waals surface area contributed by atoms with Gasteiger partial charge in [-0.15, -0.1) is 24.8 Å². The Kier molecular flexibility index (Phi) is 12.3. The average Bonchev–Trinajstić information content (AvgIpc) is 2.38. The normalized spacial score (nSPS) is 10.9. The number of rotatable bonds is 7. The highest BCUT2D eigenvalue weighted by Crippen LogP contribution is 2.10. The number of carbonyl (C=O) groups is 1. The highest BCUT2D eigenvalue weighted by Gasteiger charge is 2.06. The fourth-order valence-electron chi connectivity index (χ4n) is 1.82. The van der Waals surface area contributed by atoms with E-state index in [0.717, 1.165) is 24.5 Å². The minimum absolute atomic E-state index is 0. The minimum atomic E-state index is -0.108. The van der Waals surface area contributed by atoms with Crippen LogP contribution in [0.1, 0.15) is 32.8 Å². The van der Waals surface area contributed by atoms with Crippen molar-refractivity contribution in [2.45, 2.75) is 39.8 Å². The third-order valence-corrected chi connectivity index (χ3v) is 2.89. The second-order valence-corrected chi connectivity index (χ2v) is 4.66. The Morgan fingerprint density at radius 1 is 1.33 bits per heavy atom. The Morgan fingerprint density at radius 3 is 2.38 bits per heavy atom. The number of carbonyl (C=O) groups excluding carboxylic acids is 1. The third-order valence-electron chi connectivity index (χ3n) is 2.89. The number of hydrogen-bond donors (Lipinski definition) is 2. The van der Waals surface area contributed by atoms with Crippen LogP contribution in [0.5, 0.6) is 0 Å². The Bertz CT molecular complexity index is 394. The third kappa shape index (κ3) is 8.09. The lowest BCUT2D eigenvalue weighted by Gasteiger charge is -2.19. The van der Waals surface area contributed by atoms with E-state index >= 15 is 0 Å². The number of anilines is 1. The van der Waals surface area contributed by atoms with Crippen LogP contribution in [0.25, 0.3) is 0 Å². The van der Waals surface area contributed by atoms with Gasteiger partial charge >= 0.3 is 0 Å². The molecule has 0 aliphatic heterocycles. The van der Waals surface area contributed by atoms with Gasteiger partial charge < -0.3 is 16.0 Å². The maximum Gasteiger partial charge on any atom is 0.221 e. The van der Waals surface area contributed by atoms with E-state index in [4.69, 9.17) is 5.73 Å². The lowest BCUT2D eigenvalue weighted by molar-refractivity contribution is -0.121. The summed E-state index contributed by atoms with van der Waals surface area (Å²) < 4.78 is 0. The molecule has 7 heteroatoms. The van der Waals surface area contributed by atoms with Gasteiger partial charge in [0.05, 0.1) is 0 Å². The van der Waals surface area contributed by atoms with Crippen LogP contribution in [-0.2, 0) is 11.3 Å². The number of aromatic nitrogens is 1. The van der Waals surface area contributed by atoms with Gasteiger partial charge in [0, 0.05) is 38.3 Å². The molecule has 21 heavy (non-hydrogen) atoms. The summed E-state index contributed by atoms with van der Waals surface area (Å²) in [7, 11) is 0. The van der Waals surface area contributed by atoms with Crippen molar-refractivity contribution in [2.75, 3.05) is 18.0 Å². The fourth-order valence-corrected chi connectivity index (χ4v) is 1.82. The number of nitrogens with two attached hydrogens (primary N) is 1. The molecule has 1 unspecified atom stereocenters. The fraction of sp³-hybridized carbons (Fsp3) is 0.571. The van der Waals surface area contributed by atoms with E-state index in [9.17, 15) is 4.79 Å². The van der Waals surface area contributed by atoms with Gasteiger partial charge in [0.1, 0.15) is 5.82 Å². The SMILES string of the molecule is CCN(CC)c1ccc(CNC(=O)CC(C)N)cn1.Cl.Cl. The number of halogens is 2. The molecule has 0 radical (unpaired) electrons. The minimum Gasteiger partial charge on any atom is -0.357 e. The quantitative estimate of drug-likeness (QED) is 0.800. The summed E-state index contributed by atoms with van der Waals surface area (Å²) in [5.74, 6) is 0.943. The molecule has 3 N–H and O–H groups in total. The van der Waals surface area contributed by atoms with Crippen LogP contribution in [0.4, 0.5) is 5.82 Å². The zero-order chi connectivity index (χ0) is 14.3. The molecule has 1 heterocycles. The van der Waals surface area contributed by atoms with Crippen molar-refractivity contribution in [1.82, 2.24) is 10.3 Å². The van der Waals surface area contributed by atoms with Crippen LogP contribution >= 0.6 is 24.8 Å². The van der Waals surface area contributed by atoms with E-state index < -0.39 is 0 Å². The van der Waals surface area contributed by atoms with Gasteiger partial charge in [-0.25, -0.2) is 4.98 Å².